The Kier molecular flexibility index (Phi) is 3.05. The van der Waals surface area contributed by atoms with Gasteiger partial charge in [-0.05, 0) is 28.9 Å². The van der Waals surface area contributed by atoms with Gasteiger partial charge in [0.25, 0.3) is 0 Å². The number of aliphatic hydroxyl groups excluding tert-OH is 1. The first-order valence-corrected chi connectivity index (χ1v) is 4.32. The normalized spacial score (nSPS) is 12.7. The zero-order valence-electron chi connectivity index (χ0n) is 6.91. The first-order valence-electron chi connectivity index (χ1n) is 3.53. The van der Waals surface area contributed by atoms with E-state index in [0.717, 1.165) is 0 Å². The lowest BCUT2D eigenvalue weighted by atomic mass is 10.2. The molecule has 0 aliphatic carbocycles. The van der Waals surface area contributed by atoms with Crippen molar-refractivity contribution in [2.45, 2.75) is 13.0 Å². The molecule has 12 heavy (non-hydrogen) atoms. The van der Waals surface area contributed by atoms with E-state index in [1.165, 1.54) is 0 Å². The summed E-state index contributed by atoms with van der Waals surface area (Å²) < 4.78 is 5.75. The van der Waals surface area contributed by atoms with Gasteiger partial charge in [-0.25, -0.2) is 0 Å². The molecule has 0 aliphatic rings. The third-order valence-electron chi connectivity index (χ3n) is 1.50. The number of hydrogen-bond acceptors (Lipinski definition) is 3. The van der Waals surface area contributed by atoms with Gasteiger partial charge in [-0.15, -0.1) is 0 Å². The van der Waals surface area contributed by atoms with E-state index in [-0.39, 0.29) is 0 Å². The van der Waals surface area contributed by atoms with Gasteiger partial charge in [0.2, 0.25) is 0 Å². The van der Waals surface area contributed by atoms with Crippen LogP contribution in [0, 0.1) is 0 Å². The second kappa shape index (κ2) is 3.87. The van der Waals surface area contributed by atoms with E-state index in [0.29, 0.717) is 15.9 Å². The number of hydrogen-bond donors (Lipinski definition) is 1. The topological polar surface area (TPSA) is 42.4 Å². The lowest BCUT2D eigenvalue weighted by Crippen LogP contribution is -1.98. The first kappa shape index (κ1) is 9.48. The van der Waals surface area contributed by atoms with Gasteiger partial charge >= 0.3 is 0 Å². The Morgan fingerprint density at radius 1 is 1.67 bits per heavy atom. The van der Waals surface area contributed by atoms with E-state index in [4.69, 9.17) is 4.74 Å². The Hall–Kier alpha value is -0.610. The maximum atomic E-state index is 9.28. The summed E-state index contributed by atoms with van der Waals surface area (Å²) in [6, 6.07) is 1.73. The van der Waals surface area contributed by atoms with Crippen LogP contribution in [-0.2, 0) is 0 Å². The monoisotopic (exact) mass is 231 g/mol. The molecule has 0 saturated heterocycles. The lowest BCUT2D eigenvalue weighted by molar-refractivity contribution is 0.193. The van der Waals surface area contributed by atoms with Crippen LogP contribution in [0.1, 0.15) is 18.7 Å². The number of aromatic nitrogens is 1. The smallest absolute Gasteiger partial charge is 0.136 e. The molecule has 1 aromatic rings. The van der Waals surface area contributed by atoms with E-state index in [1.54, 1.807) is 26.3 Å². The van der Waals surface area contributed by atoms with Crippen LogP contribution in [-0.4, -0.2) is 17.2 Å². The van der Waals surface area contributed by atoms with Crippen molar-refractivity contribution in [1.29, 1.82) is 0 Å². The average molecular weight is 232 g/mol. The Bertz CT molecular complexity index is 276. The van der Waals surface area contributed by atoms with Gasteiger partial charge in [0.05, 0.1) is 23.4 Å². The van der Waals surface area contributed by atoms with Gasteiger partial charge in [-0.3, -0.25) is 4.98 Å². The van der Waals surface area contributed by atoms with Crippen LogP contribution < -0.4 is 4.74 Å². The number of halogens is 1. The van der Waals surface area contributed by atoms with Crippen LogP contribution in [0.4, 0.5) is 0 Å². The van der Waals surface area contributed by atoms with Crippen molar-refractivity contribution in [2.24, 2.45) is 0 Å². The largest absolute Gasteiger partial charge is 0.495 e. The third-order valence-corrected chi connectivity index (χ3v) is 2.29. The predicted molar refractivity (Wildman–Crippen MR) is 49.1 cm³/mol. The highest BCUT2D eigenvalue weighted by Crippen LogP contribution is 2.29. The second-order valence-corrected chi connectivity index (χ2v) is 3.18. The zero-order valence-corrected chi connectivity index (χ0v) is 8.50. The molecule has 0 radical (unpaired) electrons. The SMILES string of the molecule is COc1ccnc(C(C)O)c1Br. The predicted octanol–water partition coefficient (Wildman–Crippen LogP) is 1.91. The van der Waals surface area contributed by atoms with Crippen molar-refractivity contribution >= 4 is 15.9 Å². The summed E-state index contributed by atoms with van der Waals surface area (Å²) in [6.07, 6.45) is 1.01. The highest BCUT2D eigenvalue weighted by molar-refractivity contribution is 9.10. The molecule has 1 N–H and O–H groups in total. The summed E-state index contributed by atoms with van der Waals surface area (Å²) in [7, 11) is 1.58. The van der Waals surface area contributed by atoms with Crippen LogP contribution >= 0.6 is 15.9 Å². The Balaban J connectivity index is 3.14. The molecule has 0 fully saturated rings. The maximum absolute atomic E-state index is 9.28. The molecular weight excluding hydrogens is 222 g/mol. The molecule has 66 valence electrons. The molecule has 0 saturated carbocycles. The molecular formula is C8H10BrNO2. The minimum absolute atomic E-state index is 0.588. The van der Waals surface area contributed by atoms with E-state index in [1.807, 2.05) is 0 Å². The van der Waals surface area contributed by atoms with Crippen LogP contribution in [0.25, 0.3) is 0 Å². The molecule has 3 nitrogen and oxygen atoms in total. The molecule has 0 aliphatic heterocycles. The van der Waals surface area contributed by atoms with Gasteiger partial charge in [-0.1, -0.05) is 0 Å². The van der Waals surface area contributed by atoms with Crippen molar-refractivity contribution in [3.8, 4) is 5.75 Å². The Morgan fingerprint density at radius 2 is 2.33 bits per heavy atom. The fourth-order valence-electron chi connectivity index (χ4n) is 0.890. The second-order valence-electron chi connectivity index (χ2n) is 2.39. The van der Waals surface area contributed by atoms with E-state index >= 15 is 0 Å². The fraction of sp³-hybridized carbons (Fsp3) is 0.375. The summed E-state index contributed by atoms with van der Waals surface area (Å²) in [5, 5.41) is 9.28. The van der Waals surface area contributed by atoms with Crippen LogP contribution in [0.2, 0.25) is 0 Å². The molecule has 1 aromatic heterocycles. The molecule has 0 spiro atoms. The minimum atomic E-state index is -0.588. The summed E-state index contributed by atoms with van der Waals surface area (Å²) in [4.78, 5) is 4.01. The summed E-state index contributed by atoms with van der Waals surface area (Å²) >= 11 is 3.29. The molecule has 1 atom stereocenters. The number of ether oxygens (including phenoxy) is 1. The van der Waals surface area contributed by atoms with Crippen molar-refractivity contribution in [3.63, 3.8) is 0 Å². The van der Waals surface area contributed by atoms with Crippen molar-refractivity contribution in [3.05, 3.63) is 22.4 Å². The molecule has 1 rings (SSSR count). The van der Waals surface area contributed by atoms with Gasteiger partial charge in [-0.2, -0.15) is 0 Å². The lowest BCUT2D eigenvalue weighted by Gasteiger charge is -2.09. The maximum Gasteiger partial charge on any atom is 0.136 e. The summed E-state index contributed by atoms with van der Waals surface area (Å²) in [5.41, 5.74) is 0.592. The average Bonchev–Trinajstić information content (AvgIpc) is 2.04. The van der Waals surface area contributed by atoms with Gasteiger partial charge in [0.1, 0.15) is 5.75 Å². The summed E-state index contributed by atoms with van der Waals surface area (Å²) in [6.45, 7) is 1.66. The number of pyridine rings is 1. The zero-order chi connectivity index (χ0) is 9.14. The highest BCUT2D eigenvalue weighted by atomic mass is 79.9. The Labute approximate surface area is 79.5 Å². The van der Waals surface area contributed by atoms with Gasteiger partial charge in [0, 0.05) is 6.20 Å². The van der Waals surface area contributed by atoms with Crippen molar-refractivity contribution < 1.29 is 9.84 Å². The fourth-order valence-corrected chi connectivity index (χ4v) is 1.62. The number of nitrogens with zero attached hydrogens (tertiary/aromatic N) is 1. The van der Waals surface area contributed by atoms with Crippen LogP contribution in [0.3, 0.4) is 0 Å². The molecule has 0 bridgehead atoms. The molecule has 1 unspecified atom stereocenters. The van der Waals surface area contributed by atoms with Crippen molar-refractivity contribution in [1.82, 2.24) is 4.98 Å². The van der Waals surface area contributed by atoms with Gasteiger partial charge < -0.3 is 9.84 Å². The van der Waals surface area contributed by atoms with Crippen molar-refractivity contribution in [2.75, 3.05) is 7.11 Å². The van der Waals surface area contributed by atoms with E-state index < -0.39 is 6.10 Å². The summed E-state index contributed by atoms with van der Waals surface area (Å²) in [5.74, 6) is 0.681. The quantitative estimate of drug-likeness (QED) is 0.846. The van der Waals surface area contributed by atoms with Gasteiger partial charge in [0.15, 0.2) is 0 Å². The molecule has 0 amide bonds. The van der Waals surface area contributed by atoms with E-state index in [2.05, 4.69) is 20.9 Å². The number of rotatable bonds is 2. The minimum Gasteiger partial charge on any atom is -0.495 e. The third kappa shape index (κ3) is 1.76. The molecule has 0 aromatic carbocycles. The molecule has 4 heteroatoms. The van der Waals surface area contributed by atoms with Crippen LogP contribution in [0.15, 0.2) is 16.7 Å². The van der Waals surface area contributed by atoms with Crippen LogP contribution in [0.5, 0.6) is 5.75 Å². The standard InChI is InChI=1S/C8H10BrNO2/c1-5(11)8-7(9)6(12-2)3-4-10-8/h3-5,11H,1-2H3. The first-order chi connectivity index (χ1) is 5.66. The highest BCUT2D eigenvalue weighted by Gasteiger charge is 2.11. The number of aliphatic hydroxyl groups is 1. The van der Waals surface area contributed by atoms with E-state index in [9.17, 15) is 5.11 Å². The number of methoxy groups -OCH3 is 1. The molecule has 1 heterocycles. The Morgan fingerprint density at radius 3 is 2.83 bits per heavy atom.